The Balaban J connectivity index is 1.74. The number of aromatic amines is 1. The molecule has 8 nitrogen and oxygen atoms in total. The van der Waals surface area contributed by atoms with E-state index in [2.05, 4.69) is 19.9 Å². The molecule has 1 unspecified atom stereocenters. The van der Waals surface area contributed by atoms with Crippen LogP contribution in [-0.2, 0) is 9.59 Å². The van der Waals surface area contributed by atoms with Crippen molar-refractivity contribution in [1.82, 2.24) is 24.8 Å². The van der Waals surface area contributed by atoms with Gasteiger partial charge < -0.3 is 4.98 Å². The molecule has 1 aliphatic heterocycles. The number of imide groups is 1. The molecule has 2 aliphatic rings. The third kappa shape index (κ3) is 2.46. The van der Waals surface area contributed by atoms with Crippen LogP contribution in [0.2, 0.25) is 0 Å². The topological polar surface area (TPSA) is 109 Å². The number of H-pyrrole nitrogens is 1. The summed E-state index contributed by atoms with van der Waals surface area (Å²) >= 11 is 0. The number of nitrogens with zero attached hydrogens (tertiary/aromatic N) is 4. The molecule has 3 heterocycles. The van der Waals surface area contributed by atoms with Crippen LogP contribution in [0.4, 0.5) is 0 Å². The summed E-state index contributed by atoms with van der Waals surface area (Å²) in [5.41, 5.74) is 1.95. The van der Waals surface area contributed by atoms with Gasteiger partial charge in [-0.3, -0.25) is 29.3 Å². The first-order valence-corrected chi connectivity index (χ1v) is 8.21. The Labute approximate surface area is 148 Å². The van der Waals surface area contributed by atoms with Crippen LogP contribution in [0.1, 0.15) is 31.5 Å². The van der Waals surface area contributed by atoms with Gasteiger partial charge in [0.2, 0.25) is 0 Å². The molecule has 2 aromatic heterocycles. The normalized spacial score (nSPS) is 17.7. The number of hydrogen-bond donors (Lipinski definition) is 1. The van der Waals surface area contributed by atoms with Crippen molar-refractivity contribution in [1.29, 1.82) is 0 Å². The van der Waals surface area contributed by atoms with Gasteiger partial charge in [0.05, 0.1) is 17.9 Å². The van der Waals surface area contributed by atoms with Crippen molar-refractivity contribution in [3.8, 4) is 11.4 Å². The second-order valence-electron chi connectivity index (χ2n) is 6.08. The van der Waals surface area contributed by atoms with E-state index in [4.69, 9.17) is 0 Å². The van der Waals surface area contributed by atoms with Crippen LogP contribution in [0.15, 0.2) is 52.9 Å². The van der Waals surface area contributed by atoms with Crippen molar-refractivity contribution < 1.29 is 9.59 Å². The second kappa shape index (κ2) is 6.14. The third-order valence-corrected chi connectivity index (χ3v) is 4.52. The molecule has 4 rings (SSSR count). The average molecular weight is 349 g/mol. The van der Waals surface area contributed by atoms with Crippen LogP contribution in [-0.4, -0.2) is 36.7 Å². The lowest BCUT2D eigenvalue weighted by Gasteiger charge is -2.24. The maximum atomic E-state index is 12.8. The molecule has 1 atom stereocenters. The van der Waals surface area contributed by atoms with E-state index in [1.165, 1.54) is 23.5 Å². The summed E-state index contributed by atoms with van der Waals surface area (Å²) in [6, 6.07) is -0.619. The van der Waals surface area contributed by atoms with Crippen molar-refractivity contribution in [3.05, 3.63) is 64.1 Å². The molecule has 0 spiro atoms. The molecule has 0 fully saturated rings. The van der Waals surface area contributed by atoms with Crippen LogP contribution in [0, 0.1) is 0 Å². The Morgan fingerprint density at radius 1 is 1.12 bits per heavy atom. The SMILES string of the molecule is CC(c1nccnc1-c1c[nH]c(=O)cn1)N1C(=O)C2=C(CCC=C2)C1=O. The second-order valence-corrected chi connectivity index (χ2v) is 6.08. The molecular formula is C18H15N5O3. The molecule has 0 saturated heterocycles. The summed E-state index contributed by atoms with van der Waals surface area (Å²) in [6.07, 6.45) is 10.5. The maximum Gasteiger partial charge on any atom is 0.266 e. The van der Waals surface area contributed by atoms with E-state index in [9.17, 15) is 14.4 Å². The van der Waals surface area contributed by atoms with Crippen molar-refractivity contribution >= 4 is 11.8 Å². The smallest absolute Gasteiger partial charge is 0.266 e. The average Bonchev–Trinajstić information content (AvgIpc) is 2.93. The summed E-state index contributed by atoms with van der Waals surface area (Å²) in [6.45, 7) is 1.73. The van der Waals surface area contributed by atoms with Crippen LogP contribution in [0.5, 0.6) is 0 Å². The molecule has 0 bridgehead atoms. The van der Waals surface area contributed by atoms with Gasteiger partial charge in [-0.25, -0.2) is 4.98 Å². The number of amides is 2. The number of nitrogens with one attached hydrogen (secondary N) is 1. The molecule has 0 saturated carbocycles. The molecule has 26 heavy (non-hydrogen) atoms. The number of carbonyl (C=O) groups excluding carboxylic acids is 2. The van der Waals surface area contributed by atoms with E-state index in [0.29, 0.717) is 34.6 Å². The Morgan fingerprint density at radius 2 is 1.92 bits per heavy atom. The number of allylic oxidation sites excluding steroid dienone is 1. The summed E-state index contributed by atoms with van der Waals surface area (Å²) in [4.78, 5) is 53.2. The lowest BCUT2D eigenvalue weighted by Crippen LogP contribution is -2.35. The van der Waals surface area contributed by atoms with Gasteiger partial charge in [0, 0.05) is 29.7 Å². The van der Waals surface area contributed by atoms with Gasteiger partial charge in [0.15, 0.2) is 0 Å². The van der Waals surface area contributed by atoms with E-state index in [1.54, 1.807) is 13.0 Å². The molecule has 2 amide bonds. The Bertz CT molecular complexity index is 1020. The minimum Gasteiger partial charge on any atom is -0.326 e. The van der Waals surface area contributed by atoms with Gasteiger partial charge in [-0.05, 0) is 19.8 Å². The molecule has 0 radical (unpaired) electrons. The van der Waals surface area contributed by atoms with Gasteiger partial charge in [-0.15, -0.1) is 0 Å². The highest BCUT2D eigenvalue weighted by molar-refractivity contribution is 6.21. The highest BCUT2D eigenvalue weighted by atomic mass is 16.2. The van der Waals surface area contributed by atoms with Gasteiger partial charge in [-0.2, -0.15) is 0 Å². The lowest BCUT2D eigenvalue weighted by atomic mass is 10.00. The highest BCUT2D eigenvalue weighted by Crippen LogP contribution is 2.35. The van der Waals surface area contributed by atoms with Crippen molar-refractivity contribution in [2.45, 2.75) is 25.8 Å². The first-order chi connectivity index (χ1) is 12.6. The Morgan fingerprint density at radius 3 is 2.65 bits per heavy atom. The zero-order chi connectivity index (χ0) is 18.3. The summed E-state index contributed by atoms with van der Waals surface area (Å²) in [5, 5.41) is 0. The summed E-state index contributed by atoms with van der Waals surface area (Å²) in [7, 11) is 0. The molecular weight excluding hydrogens is 334 g/mol. The van der Waals surface area contributed by atoms with Gasteiger partial charge in [0.25, 0.3) is 17.4 Å². The van der Waals surface area contributed by atoms with E-state index in [1.807, 2.05) is 6.08 Å². The molecule has 1 aliphatic carbocycles. The van der Waals surface area contributed by atoms with E-state index in [-0.39, 0.29) is 17.4 Å². The van der Waals surface area contributed by atoms with Crippen LogP contribution < -0.4 is 5.56 Å². The number of carbonyl (C=O) groups is 2. The minimum absolute atomic E-state index is 0.284. The Kier molecular flexibility index (Phi) is 3.80. The molecule has 1 N–H and O–H groups in total. The summed E-state index contributed by atoms with van der Waals surface area (Å²) < 4.78 is 0. The molecule has 2 aromatic rings. The van der Waals surface area contributed by atoms with E-state index in [0.717, 1.165) is 12.6 Å². The van der Waals surface area contributed by atoms with Crippen molar-refractivity contribution in [2.24, 2.45) is 0 Å². The quantitative estimate of drug-likeness (QED) is 0.837. The highest BCUT2D eigenvalue weighted by Gasteiger charge is 2.41. The van der Waals surface area contributed by atoms with E-state index < -0.39 is 6.04 Å². The van der Waals surface area contributed by atoms with Crippen LogP contribution in [0.25, 0.3) is 11.4 Å². The molecule has 0 aromatic carbocycles. The molecule has 8 heteroatoms. The largest absolute Gasteiger partial charge is 0.326 e. The number of hydrogen-bond acceptors (Lipinski definition) is 6. The molecule has 130 valence electrons. The fourth-order valence-electron chi connectivity index (χ4n) is 3.25. The third-order valence-electron chi connectivity index (χ3n) is 4.52. The minimum atomic E-state index is -0.619. The predicted octanol–water partition coefficient (Wildman–Crippen LogP) is 1.30. The fourth-order valence-corrected chi connectivity index (χ4v) is 3.25. The Hall–Kier alpha value is -3.42. The lowest BCUT2D eigenvalue weighted by molar-refractivity contribution is -0.140. The van der Waals surface area contributed by atoms with Crippen molar-refractivity contribution in [3.63, 3.8) is 0 Å². The first-order valence-electron chi connectivity index (χ1n) is 8.21. The van der Waals surface area contributed by atoms with Crippen LogP contribution in [0.3, 0.4) is 0 Å². The zero-order valence-corrected chi connectivity index (χ0v) is 14.0. The van der Waals surface area contributed by atoms with Crippen molar-refractivity contribution in [2.75, 3.05) is 0 Å². The maximum absolute atomic E-state index is 12.8. The van der Waals surface area contributed by atoms with Gasteiger partial charge in [-0.1, -0.05) is 12.2 Å². The predicted molar refractivity (Wildman–Crippen MR) is 91.6 cm³/mol. The fraction of sp³-hybridized carbons (Fsp3) is 0.222. The van der Waals surface area contributed by atoms with Gasteiger partial charge in [0.1, 0.15) is 11.4 Å². The summed E-state index contributed by atoms with van der Waals surface area (Å²) in [5.74, 6) is -0.604. The monoisotopic (exact) mass is 349 g/mol. The standard InChI is InChI=1S/C18H15N5O3/c1-10(23-17(25)11-4-2-3-5-12(11)18(23)26)15-16(20-7-6-19-15)13-8-22-14(24)9-21-13/h2,4,6-10H,3,5H2,1H3,(H,22,24). The first kappa shape index (κ1) is 16.1. The zero-order valence-electron chi connectivity index (χ0n) is 14.0. The van der Waals surface area contributed by atoms with Gasteiger partial charge >= 0.3 is 0 Å². The van der Waals surface area contributed by atoms with E-state index >= 15 is 0 Å². The van der Waals surface area contributed by atoms with Crippen LogP contribution >= 0.6 is 0 Å². The number of rotatable bonds is 3. The number of aromatic nitrogens is 4.